The van der Waals surface area contributed by atoms with Crippen molar-refractivity contribution in [1.29, 1.82) is 0 Å². The van der Waals surface area contributed by atoms with Crippen LogP contribution in [0.3, 0.4) is 0 Å². The zero-order chi connectivity index (χ0) is 20.0. The van der Waals surface area contributed by atoms with Gasteiger partial charge in [0, 0.05) is 22.2 Å². The number of ether oxygens (including phenoxy) is 1. The highest BCUT2D eigenvalue weighted by Crippen LogP contribution is 2.45. The fourth-order valence-corrected chi connectivity index (χ4v) is 5.31. The summed E-state index contributed by atoms with van der Waals surface area (Å²) in [4.78, 5) is 9.73. The molecule has 154 valence electrons. The van der Waals surface area contributed by atoms with Gasteiger partial charge in [-0.1, -0.05) is 6.92 Å². The van der Waals surface area contributed by atoms with Crippen LogP contribution in [0.2, 0.25) is 0 Å². The van der Waals surface area contributed by atoms with Gasteiger partial charge in [0.15, 0.2) is 0 Å². The van der Waals surface area contributed by atoms with Gasteiger partial charge in [-0.25, -0.2) is 4.98 Å². The number of hydrogen-bond acceptors (Lipinski definition) is 6. The summed E-state index contributed by atoms with van der Waals surface area (Å²) in [7, 11) is 0. The maximum Gasteiger partial charge on any atom is 0.134 e. The van der Waals surface area contributed by atoms with Gasteiger partial charge in [-0.05, 0) is 76.6 Å². The van der Waals surface area contributed by atoms with Crippen LogP contribution in [-0.2, 0) is 12.0 Å². The van der Waals surface area contributed by atoms with Crippen molar-refractivity contribution in [3.8, 4) is 17.0 Å². The number of nitrogens with zero attached hydrogens (tertiary/aromatic N) is 2. The third-order valence-electron chi connectivity index (χ3n) is 6.70. The molecule has 0 radical (unpaired) electrons. The SMILES string of the molecule is CC1=Nc2ccc(-c3csc(C4(O)CCNCC4)n3)c(OC3CCC3)c2C[C@@H]1C. The molecule has 0 spiro atoms. The Hall–Kier alpha value is -1.76. The van der Waals surface area contributed by atoms with Crippen LogP contribution in [-0.4, -0.2) is 35.0 Å². The first-order valence-corrected chi connectivity index (χ1v) is 11.7. The van der Waals surface area contributed by atoms with Gasteiger partial charge in [0.25, 0.3) is 0 Å². The van der Waals surface area contributed by atoms with E-state index in [2.05, 4.69) is 36.7 Å². The van der Waals surface area contributed by atoms with E-state index >= 15 is 0 Å². The summed E-state index contributed by atoms with van der Waals surface area (Å²) in [5.41, 5.74) is 4.57. The number of benzene rings is 1. The molecule has 1 aromatic carbocycles. The summed E-state index contributed by atoms with van der Waals surface area (Å²) >= 11 is 1.56. The monoisotopic (exact) mass is 411 g/mol. The van der Waals surface area contributed by atoms with Crippen LogP contribution in [0.5, 0.6) is 5.75 Å². The van der Waals surface area contributed by atoms with Crippen LogP contribution in [0.15, 0.2) is 22.5 Å². The topological polar surface area (TPSA) is 66.7 Å². The summed E-state index contributed by atoms with van der Waals surface area (Å²) in [6.07, 6.45) is 6.15. The predicted molar refractivity (Wildman–Crippen MR) is 117 cm³/mol. The fourth-order valence-electron chi connectivity index (χ4n) is 4.33. The van der Waals surface area contributed by atoms with Crippen LogP contribution >= 0.6 is 11.3 Å². The number of nitrogens with one attached hydrogen (secondary N) is 1. The number of piperidine rings is 1. The number of thiazole rings is 1. The minimum absolute atomic E-state index is 0.300. The van der Waals surface area contributed by atoms with Crippen molar-refractivity contribution in [2.75, 3.05) is 13.1 Å². The zero-order valence-electron chi connectivity index (χ0n) is 17.2. The van der Waals surface area contributed by atoms with Crippen molar-refractivity contribution in [2.24, 2.45) is 10.9 Å². The number of aliphatic hydroxyl groups is 1. The lowest BCUT2D eigenvalue weighted by Crippen LogP contribution is -2.39. The van der Waals surface area contributed by atoms with Crippen molar-refractivity contribution in [2.45, 2.75) is 64.1 Å². The Kier molecular flexibility index (Phi) is 4.96. The number of rotatable bonds is 4. The van der Waals surface area contributed by atoms with Gasteiger partial charge in [0.2, 0.25) is 0 Å². The molecule has 3 aliphatic rings. The van der Waals surface area contributed by atoms with E-state index in [1.54, 1.807) is 11.3 Å². The molecule has 2 fully saturated rings. The first kappa shape index (κ1) is 19.2. The third-order valence-corrected chi connectivity index (χ3v) is 7.74. The van der Waals surface area contributed by atoms with E-state index in [4.69, 9.17) is 14.7 Å². The Labute approximate surface area is 176 Å². The molecule has 1 aliphatic carbocycles. The van der Waals surface area contributed by atoms with Crippen LogP contribution in [0, 0.1) is 5.92 Å². The lowest BCUT2D eigenvalue weighted by molar-refractivity contribution is 0.00581. The quantitative estimate of drug-likeness (QED) is 0.772. The van der Waals surface area contributed by atoms with Crippen molar-refractivity contribution in [3.05, 3.63) is 28.1 Å². The maximum absolute atomic E-state index is 11.1. The van der Waals surface area contributed by atoms with Gasteiger partial charge < -0.3 is 15.2 Å². The van der Waals surface area contributed by atoms with Crippen molar-refractivity contribution in [1.82, 2.24) is 10.3 Å². The molecule has 5 rings (SSSR count). The Morgan fingerprint density at radius 3 is 2.76 bits per heavy atom. The third kappa shape index (κ3) is 3.51. The first-order chi connectivity index (χ1) is 14.0. The predicted octanol–water partition coefficient (Wildman–Crippen LogP) is 4.60. The maximum atomic E-state index is 11.1. The summed E-state index contributed by atoms with van der Waals surface area (Å²) in [5.74, 6) is 1.38. The molecule has 0 unspecified atom stereocenters. The van der Waals surface area contributed by atoms with E-state index < -0.39 is 5.60 Å². The van der Waals surface area contributed by atoms with Crippen LogP contribution in [0.4, 0.5) is 5.69 Å². The van der Waals surface area contributed by atoms with E-state index in [0.29, 0.717) is 24.9 Å². The van der Waals surface area contributed by atoms with E-state index in [9.17, 15) is 5.11 Å². The highest BCUT2D eigenvalue weighted by Gasteiger charge is 2.35. The molecule has 6 heteroatoms. The Morgan fingerprint density at radius 1 is 1.24 bits per heavy atom. The van der Waals surface area contributed by atoms with Gasteiger partial charge in [0.05, 0.1) is 17.5 Å². The fraction of sp³-hybridized carbons (Fsp3) is 0.565. The normalized spacial score (nSPS) is 23.8. The average molecular weight is 412 g/mol. The molecule has 1 saturated carbocycles. The highest BCUT2D eigenvalue weighted by atomic mass is 32.1. The molecule has 1 atom stereocenters. The van der Waals surface area contributed by atoms with Crippen LogP contribution in [0.25, 0.3) is 11.3 Å². The molecule has 2 aromatic rings. The molecule has 5 nitrogen and oxygen atoms in total. The highest BCUT2D eigenvalue weighted by molar-refractivity contribution is 7.10. The zero-order valence-corrected chi connectivity index (χ0v) is 18.0. The van der Waals surface area contributed by atoms with Crippen LogP contribution < -0.4 is 10.1 Å². The average Bonchev–Trinajstić information content (AvgIpc) is 3.17. The van der Waals surface area contributed by atoms with Crippen molar-refractivity contribution in [3.63, 3.8) is 0 Å². The second-order valence-corrected chi connectivity index (χ2v) is 9.65. The van der Waals surface area contributed by atoms with Gasteiger partial charge in [0.1, 0.15) is 16.4 Å². The summed E-state index contributed by atoms with van der Waals surface area (Å²) in [5, 5.41) is 17.3. The van der Waals surface area contributed by atoms with Gasteiger partial charge in [-0.15, -0.1) is 11.3 Å². The number of aromatic nitrogens is 1. The molecule has 1 saturated heterocycles. The summed E-state index contributed by atoms with van der Waals surface area (Å²) in [6, 6.07) is 4.21. The number of fused-ring (bicyclic) bond motifs is 1. The van der Waals surface area contributed by atoms with Crippen molar-refractivity contribution < 1.29 is 9.84 Å². The van der Waals surface area contributed by atoms with E-state index in [1.165, 1.54) is 17.7 Å². The lowest BCUT2D eigenvalue weighted by Gasteiger charge is -2.31. The van der Waals surface area contributed by atoms with E-state index in [0.717, 1.165) is 60.1 Å². The smallest absolute Gasteiger partial charge is 0.134 e. The summed E-state index contributed by atoms with van der Waals surface area (Å²) in [6.45, 7) is 6.00. The Morgan fingerprint density at radius 2 is 2.03 bits per heavy atom. The molecule has 0 amide bonds. The van der Waals surface area contributed by atoms with Crippen LogP contribution in [0.1, 0.15) is 56.5 Å². The first-order valence-electron chi connectivity index (χ1n) is 10.8. The molecule has 0 bridgehead atoms. The largest absolute Gasteiger partial charge is 0.489 e. The van der Waals surface area contributed by atoms with Gasteiger partial charge in [-0.3, -0.25) is 4.99 Å². The van der Waals surface area contributed by atoms with E-state index in [-0.39, 0.29) is 0 Å². The molecule has 2 aliphatic heterocycles. The Balaban J connectivity index is 1.55. The van der Waals surface area contributed by atoms with E-state index in [1.807, 2.05) is 0 Å². The minimum Gasteiger partial charge on any atom is -0.489 e. The van der Waals surface area contributed by atoms with Crippen molar-refractivity contribution >= 4 is 22.7 Å². The molecule has 2 N–H and O–H groups in total. The second-order valence-electron chi connectivity index (χ2n) is 8.79. The summed E-state index contributed by atoms with van der Waals surface area (Å²) < 4.78 is 6.52. The number of aliphatic imine (C=N–C) groups is 1. The lowest BCUT2D eigenvalue weighted by atomic mass is 9.89. The second kappa shape index (κ2) is 7.49. The molecular weight excluding hydrogens is 382 g/mol. The molecular formula is C23H29N3O2S. The standard InChI is InChI=1S/C23H29N3O2S/c1-14-12-18-19(25-15(14)2)7-6-17(21(18)28-16-4-3-5-16)20-13-29-22(26-20)23(27)8-10-24-11-9-23/h6-7,13-14,16,24,27H,3-5,8-12H2,1-2H3/t14-/m0/s1. The minimum atomic E-state index is -0.812. The van der Waals surface area contributed by atoms with Gasteiger partial charge in [-0.2, -0.15) is 0 Å². The van der Waals surface area contributed by atoms with Gasteiger partial charge >= 0.3 is 0 Å². The molecule has 3 heterocycles. The number of hydrogen-bond donors (Lipinski definition) is 2. The Bertz CT molecular complexity index is 942. The molecule has 29 heavy (non-hydrogen) atoms. The molecule has 1 aromatic heterocycles.